The molecule has 0 radical (unpaired) electrons. The van der Waals surface area contributed by atoms with Gasteiger partial charge in [-0.1, -0.05) is 0 Å². The van der Waals surface area contributed by atoms with Crippen LogP contribution in [0.4, 0.5) is 0 Å². The fraction of sp³-hybridized carbons (Fsp3) is 0.375. The van der Waals surface area contributed by atoms with Gasteiger partial charge >= 0.3 is 0 Å². The van der Waals surface area contributed by atoms with Gasteiger partial charge in [0, 0.05) is 36.3 Å². The molecule has 7 heteroatoms. The first-order chi connectivity index (χ1) is 6.98. The molecule has 0 saturated heterocycles. The van der Waals surface area contributed by atoms with Gasteiger partial charge in [0.25, 0.3) is 0 Å². The maximum atomic E-state index is 11.9. The molecule has 1 aromatic rings. The average Bonchev–Trinajstić information content (AvgIpc) is 2.18. The quantitative estimate of drug-likeness (QED) is 0.795. The number of nitrogens with zero attached hydrogens (tertiary/aromatic N) is 2. The van der Waals surface area contributed by atoms with Crippen LogP contribution in [0, 0.1) is 0 Å². The highest BCUT2D eigenvalue weighted by atomic mass is 79.9. The molecule has 1 aromatic heterocycles. The Bertz CT molecular complexity index is 438. The number of pyridine rings is 1. The Labute approximate surface area is 102 Å². The number of aromatic nitrogens is 1. The molecule has 0 unspecified atom stereocenters. The van der Waals surface area contributed by atoms with Crippen molar-refractivity contribution in [1.82, 2.24) is 9.29 Å². The number of hydrogen-bond acceptors (Lipinski definition) is 3. The van der Waals surface area contributed by atoms with E-state index in [4.69, 9.17) is 11.6 Å². The van der Waals surface area contributed by atoms with Crippen molar-refractivity contribution >= 4 is 37.6 Å². The summed E-state index contributed by atoms with van der Waals surface area (Å²) in [7, 11) is -1.98. The van der Waals surface area contributed by atoms with Crippen molar-refractivity contribution in [1.29, 1.82) is 0 Å². The molecule has 0 aromatic carbocycles. The van der Waals surface area contributed by atoms with Crippen LogP contribution in [0.5, 0.6) is 0 Å². The lowest BCUT2D eigenvalue weighted by molar-refractivity contribution is 0.487. The topological polar surface area (TPSA) is 50.3 Å². The minimum Gasteiger partial charge on any atom is -0.262 e. The third-order valence-corrected chi connectivity index (χ3v) is 4.21. The van der Waals surface area contributed by atoms with Crippen molar-refractivity contribution in [2.45, 2.75) is 4.90 Å². The Hall–Kier alpha value is -0.170. The Morgan fingerprint density at radius 1 is 1.53 bits per heavy atom. The van der Waals surface area contributed by atoms with E-state index < -0.39 is 10.0 Å². The number of halogens is 2. The predicted octanol–water partition coefficient (Wildman–Crippen LogP) is 1.70. The lowest BCUT2D eigenvalue weighted by Gasteiger charge is -2.15. The maximum absolute atomic E-state index is 11.9. The van der Waals surface area contributed by atoms with Gasteiger partial charge in [-0.15, -0.1) is 11.6 Å². The maximum Gasteiger partial charge on any atom is 0.244 e. The second-order valence-electron chi connectivity index (χ2n) is 2.85. The summed E-state index contributed by atoms with van der Waals surface area (Å²) in [4.78, 5) is 3.96. The van der Waals surface area contributed by atoms with E-state index in [0.717, 1.165) is 0 Å². The zero-order valence-electron chi connectivity index (χ0n) is 8.02. The second kappa shape index (κ2) is 5.25. The van der Waals surface area contributed by atoms with Crippen molar-refractivity contribution in [2.75, 3.05) is 19.5 Å². The summed E-state index contributed by atoms with van der Waals surface area (Å²) < 4.78 is 25.6. The van der Waals surface area contributed by atoms with E-state index in [1.807, 2.05) is 0 Å². The van der Waals surface area contributed by atoms with E-state index in [0.29, 0.717) is 4.47 Å². The van der Waals surface area contributed by atoms with Gasteiger partial charge in [0.15, 0.2) is 0 Å². The van der Waals surface area contributed by atoms with E-state index in [-0.39, 0.29) is 17.3 Å². The van der Waals surface area contributed by atoms with E-state index >= 15 is 0 Å². The minimum atomic E-state index is -3.47. The molecule has 0 bridgehead atoms. The Balaban J connectivity index is 3.06. The number of rotatable bonds is 4. The van der Waals surface area contributed by atoms with Crippen LogP contribution in [0.25, 0.3) is 0 Å². The lowest BCUT2D eigenvalue weighted by Crippen LogP contribution is -2.28. The third-order valence-electron chi connectivity index (χ3n) is 1.79. The van der Waals surface area contributed by atoms with Crippen molar-refractivity contribution in [3.63, 3.8) is 0 Å². The number of sulfonamides is 1. The first-order valence-electron chi connectivity index (χ1n) is 4.11. The van der Waals surface area contributed by atoms with Crippen molar-refractivity contribution < 1.29 is 8.42 Å². The van der Waals surface area contributed by atoms with E-state index in [9.17, 15) is 8.42 Å². The van der Waals surface area contributed by atoms with Crippen LogP contribution >= 0.6 is 27.5 Å². The van der Waals surface area contributed by atoms with Crippen LogP contribution in [0.1, 0.15) is 0 Å². The zero-order chi connectivity index (χ0) is 11.5. The van der Waals surface area contributed by atoms with Gasteiger partial charge in [-0.05, 0) is 22.0 Å². The van der Waals surface area contributed by atoms with Crippen molar-refractivity contribution in [2.24, 2.45) is 0 Å². The number of alkyl halides is 1. The SMILES string of the molecule is CN(CCCl)S(=O)(=O)c1cncc(Br)c1. The molecule has 15 heavy (non-hydrogen) atoms. The van der Waals surface area contributed by atoms with Crippen LogP contribution in [-0.2, 0) is 10.0 Å². The molecule has 0 atom stereocenters. The molecule has 0 aliphatic heterocycles. The number of hydrogen-bond donors (Lipinski definition) is 0. The smallest absolute Gasteiger partial charge is 0.244 e. The molecular formula is C8H10BrClN2O2S. The summed E-state index contributed by atoms with van der Waals surface area (Å²) in [6, 6.07) is 1.51. The first-order valence-corrected chi connectivity index (χ1v) is 6.88. The Morgan fingerprint density at radius 2 is 2.20 bits per heavy atom. The molecule has 0 N–H and O–H groups in total. The molecule has 0 amide bonds. The van der Waals surface area contributed by atoms with E-state index in [1.54, 1.807) is 0 Å². The van der Waals surface area contributed by atoms with Gasteiger partial charge in [-0.25, -0.2) is 8.42 Å². The fourth-order valence-corrected chi connectivity index (χ4v) is 2.98. The van der Waals surface area contributed by atoms with Gasteiger partial charge in [0.05, 0.1) is 0 Å². The fourth-order valence-electron chi connectivity index (χ4n) is 0.953. The van der Waals surface area contributed by atoms with Crippen LogP contribution in [0.2, 0.25) is 0 Å². The van der Waals surface area contributed by atoms with Crippen LogP contribution < -0.4 is 0 Å². The standard InChI is InChI=1S/C8H10BrClN2O2S/c1-12(3-2-10)15(13,14)8-4-7(9)5-11-6-8/h4-6H,2-3H2,1H3. The highest BCUT2D eigenvalue weighted by Gasteiger charge is 2.20. The monoisotopic (exact) mass is 312 g/mol. The zero-order valence-corrected chi connectivity index (χ0v) is 11.2. The summed E-state index contributed by atoms with van der Waals surface area (Å²) in [6.45, 7) is 0.274. The van der Waals surface area contributed by atoms with Gasteiger partial charge in [0.2, 0.25) is 10.0 Å². The van der Waals surface area contributed by atoms with Gasteiger partial charge in [-0.2, -0.15) is 4.31 Å². The lowest BCUT2D eigenvalue weighted by atomic mass is 10.5. The Kier molecular flexibility index (Phi) is 4.51. The highest BCUT2D eigenvalue weighted by molar-refractivity contribution is 9.10. The molecule has 0 aliphatic rings. The van der Waals surface area contributed by atoms with Crippen molar-refractivity contribution in [3.05, 3.63) is 22.9 Å². The molecule has 1 rings (SSSR count). The van der Waals surface area contributed by atoms with Gasteiger partial charge < -0.3 is 0 Å². The van der Waals surface area contributed by atoms with Crippen LogP contribution in [0.3, 0.4) is 0 Å². The molecule has 84 valence electrons. The van der Waals surface area contributed by atoms with Gasteiger partial charge in [0.1, 0.15) is 4.90 Å². The third kappa shape index (κ3) is 3.14. The summed E-state index contributed by atoms with van der Waals surface area (Å²) in [5.74, 6) is 0.261. The largest absolute Gasteiger partial charge is 0.262 e. The van der Waals surface area contributed by atoms with Crippen LogP contribution in [0.15, 0.2) is 27.8 Å². The molecule has 4 nitrogen and oxygen atoms in total. The molecule has 0 fully saturated rings. The second-order valence-corrected chi connectivity index (χ2v) is 6.19. The van der Waals surface area contributed by atoms with Crippen LogP contribution in [-0.4, -0.2) is 37.2 Å². The summed E-state index contributed by atoms with van der Waals surface area (Å²) in [6.07, 6.45) is 2.84. The molecule has 0 aliphatic carbocycles. The van der Waals surface area contributed by atoms with E-state index in [2.05, 4.69) is 20.9 Å². The van der Waals surface area contributed by atoms with Gasteiger partial charge in [-0.3, -0.25) is 4.98 Å². The Morgan fingerprint density at radius 3 is 2.73 bits per heavy atom. The normalized spacial score (nSPS) is 12.0. The van der Waals surface area contributed by atoms with E-state index in [1.165, 1.54) is 29.8 Å². The molecule has 0 saturated carbocycles. The highest BCUT2D eigenvalue weighted by Crippen LogP contribution is 2.17. The predicted molar refractivity (Wildman–Crippen MR) is 62.5 cm³/mol. The summed E-state index contributed by atoms with van der Waals surface area (Å²) in [5.41, 5.74) is 0. The first kappa shape index (κ1) is 12.9. The van der Waals surface area contributed by atoms with Crippen molar-refractivity contribution in [3.8, 4) is 0 Å². The molecule has 0 spiro atoms. The molecule has 1 heterocycles. The summed E-state index contributed by atoms with van der Waals surface area (Å²) in [5, 5.41) is 0. The summed E-state index contributed by atoms with van der Waals surface area (Å²) >= 11 is 8.66. The average molecular weight is 314 g/mol. The molecular weight excluding hydrogens is 304 g/mol. The minimum absolute atomic E-state index is 0.157.